The zero-order valence-electron chi connectivity index (χ0n) is 23.3. The number of carbonyl (C=O) groups is 4. The third-order valence-corrected chi connectivity index (χ3v) is 6.64. The second-order valence-corrected chi connectivity index (χ2v) is 9.79. The number of carboxylic acid groups (broad SMARTS) is 4. The van der Waals surface area contributed by atoms with E-state index in [1.807, 2.05) is 0 Å². The molecule has 1 aliphatic rings. The molecule has 41 heavy (non-hydrogen) atoms. The second-order valence-electron chi connectivity index (χ2n) is 9.79. The number of pyridine rings is 1. The Kier molecular flexibility index (Phi) is 18.1. The minimum Gasteiger partial charge on any atom is -0.492 e. The van der Waals surface area contributed by atoms with Crippen LogP contribution in [0.4, 0.5) is 0 Å². The van der Waals surface area contributed by atoms with Gasteiger partial charge in [-0.3, -0.25) is 43.8 Å². The molecule has 1 atom stereocenters. The molecule has 2 rings (SSSR count). The van der Waals surface area contributed by atoms with Crippen molar-refractivity contribution in [2.75, 3.05) is 78.6 Å². The molecule has 0 spiro atoms. The second kappa shape index (κ2) is 20.0. The molecule has 0 amide bonds. The number of hydrogen-bond acceptors (Lipinski definition) is 10. The maximum atomic E-state index is 12.4. The van der Waals surface area contributed by atoms with Crippen LogP contribution in [0.2, 0.25) is 0 Å². The molecule has 1 saturated heterocycles. The zero-order valence-corrected chi connectivity index (χ0v) is 25.6. The fraction of sp³-hybridized carbons (Fsp3) is 0.654. The third kappa shape index (κ3) is 15.2. The summed E-state index contributed by atoms with van der Waals surface area (Å²) < 4.78 is 5.63. The summed E-state index contributed by atoms with van der Waals surface area (Å²) in [4.78, 5) is 57.8. The molecule has 15 heteroatoms. The van der Waals surface area contributed by atoms with Gasteiger partial charge in [0.05, 0.1) is 32.4 Å². The number of nitrogens with zero attached hydrogens (tertiary/aromatic N) is 5. The standard InChI is InChI=1S/C26H41N5O9.Gd/c1-2-3-14-40-21-5-4-20(27-16-21)15-22(26(38)39)31-12-10-29(18-24(34)35)8-6-28(17-23(32)33)7-9-30(11-13-31)19-25(36)37;/h4-5,16,22H,2-3,6-15,17-19H2,1H3,(H,32,33)(H,34,35)(H,36,37)(H,38,39);. The van der Waals surface area contributed by atoms with E-state index in [1.54, 1.807) is 37.9 Å². The summed E-state index contributed by atoms with van der Waals surface area (Å²) in [7, 11) is 0. The predicted molar refractivity (Wildman–Crippen MR) is 144 cm³/mol. The Hall–Kier alpha value is -2.01. The van der Waals surface area contributed by atoms with E-state index in [1.165, 1.54) is 0 Å². The van der Waals surface area contributed by atoms with E-state index >= 15 is 0 Å². The van der Waals surface area contributed by atoms with Gasteiger partial charge in [-0.25, -0.2) is 0 Å². The molecule has 1 aromatic heterocycles. The van der Waals surface area contributed by atoms with Crippen molar-refractivity contribution in [3.05, 3.63) is 24.0 Å². The van der Waals surface area contributed by atoms with Crippen LogP contribution in [0, 0.1) is 39.9 Å². The molecule has 2 heterocycles. The van der Waals surface area contributed by atoms with Crippen LogP contribution in [-0.4, -0.2) is 154 Å². The minimum atomic E-state index is -1.07. The molecular weight excluding hydrogens is 684 g/mol. The number of hydrogen-bond donors (Lipinski definition) is 4. The van der Waals surface area contributed by atoms with E-state index in [4.69, 9.17) is 4.74 Å². The summed E-state index contributed by atoms with van der Waals surface area (Å²) in [5.41, 5.74) is 0.551. The van der Waals surface area contributed by atoms with Crippen molar-refractivity contribution in [2.45, 2.75) is 32.2 Å². The maximum Gasteiger partial charge on any atom is 0.321 e. The van der Waals surface area contributed by atoms with Crippen molar-refractivity contribution >= 4 is 23.9 Å². The molecule has 232 valence electrons. The van der Waals surface area contributed by atoms with Crippen molar-refractivity contribution in [2.24, 2.45) is 0 Å². The van der Waals surface area contributed by atoms with Gasteiger partial charge in [0.1, 0.15) is 11.8 Å². The summed E-state index contributed by atoms with van der Waals surface area (Å²) in [6.45, 7) is 3.73. The summed E-state index contributed by atoms with van der Waals surface area (Å²) in [5, 5.41) is 38.2. The summed E-state index contributed by atoms with van der Waals surface area (Å²) in [6, 6.07) is 2.49. The van der Waals surface area contributed by atoms with Crippen LogP contribution in [-0.2, 0) is 25.6 Å². The Morgan fingerprint density at radius 2 is 1.27 bits per heavy atom. The number of ether oxygens (including phenoxy) is 1. The van der Waals surface area contributed by atoms with Crippen LogP contribution in [0.25, 0.3) is 0 Å². The van der Waals surface area contributed by atoms with Crippen LogP contribution in [0.3, 0.4) is 0 Å². The first kappa shape index (κ1) is 37.0. The van der Waals surface area contributed by atoms with Gasteiger partial charge in [-0.1, -0.05) is 13.3 Å². The first-order valence-electron chi connectivity index (χ1n) is 13.4. The topological polar surface area (TPSA) is 184 Å². The molecule has 0 aliphatic carbocycles. The molecule has 0 aromatic carbocycles. The molecule has 4 N–H and O–H groups in total. The fourth-order valence-corrected chi connectivity index (χ4v) is 4.43. The molecule has 1 aromatic rings. The molecule has 1 aliphatic heterocycles. The van der Waals surface area contributed by atoms with Crippen LogP contribution < -0.4 is 4.74 Å². The van der Waals surface area contributed by atoms with E-state index in [-0.39, 0.29) is 118 Å². The number of unbranched alkanes of at least 4 members (excludes halogenated alkanes) is 1. The van der Waals surface area contributed by atoms with E-state index in [0.717, 1.165) is 12.8 Å². The summed E-state index contributed by atoms with van der Waals surface area (Å²) >= 11 is 0. The number of rotatable bonds is 14. The van der Waals surface area contributed by atoms with Gasteiger partial charge in [-0.05, 0) is 18.6 Å². The Labute approximate surface area is 271 Å². The van der Waals surface area contributed by atoms with Crippen molar-refractivity contribution in [3.63, 3.8) is 0 Å². The van der Waals surface area contributed by atoms with Crippen LogP contribution >= 0.6 is 0 Å². The van der Waals surface area contributed by atoms with Gasteiger partial charge in [-0.2, -0.15) is 0 Å². The van der Waals surface area contributed by atoms with Crippen molar-refractivity contribution in [1.29, 1.82) is 0 Å². The first-order valence-corrected chi connectivity index (χ1v) is 13.4. The Morgan fingerprint density at radius 1 is 0.805 bits per heavy atom. The van der Waals surface area contributed by atoms with E-state index in [2.05, 4.69) is 11.9 Å². The molecule has 0 saturated carbocycles. The average Bonchev–Trinajstić information content (AvgIpc) is 2.87. The number of aliphatic carboxylic acids is 4. The van der Waals surface area contributed by atoms with E-state index in [0.29, 0.717) is 18.1 Å². The SMILES string of the molecule is CCCCOc1ccc(CC(C(=O)O)N2CCN(CC(=O)O)CCN(CC(=O)O)CCN(CC(=O)O)CC2)nc1.[Gd]. The van der Waals surface area contributed by atoms with Crippen molar-refractivity contribution < 1.29 is 84.3 Å². The molecule has 1 fully saturated rings. The molecule has 0 radical (unpaired) electrons. The van der Waals surface area contributed by atoms with Crippen LogP contribution in [0.5, 0.6) is 5.75 Å². The number of carboxylic acids is 4. The average molecular weight is 725 g/mol. The van der Waals surface area contributed by atoms with E-state index < -0.39 is 29.9 Å². The van der Waals surface area contributed by atoms with Crippen molar-refractivity contribution in [1.82, 2.24) is 24.6 Å². The van der Waals surface area contributed by atoms with Crippen molar-refractivity contribution in [3.8, 4) is 5.75 Å². The van der Waals surface area contributed by atoms with Gasteiger partial charge in [0.25, 0.3) is 0 Å². The summed E-state index contributed by atoms with van der Waals surface area (Å²) in [5.74, 6) is -3.60. The Morgan fingerprint density at radius 3 is 1.63 bits per heavy atom. The Balaban J connectivity index is 0.00000840. The largest absolute Gasteiger partial charge is 0.492 e. The van der Waals surface area contributed by atoms with Gasteiger partial charge >= 0.3 is 23.9 Å². The van der Waals surface area contributed by atoms with E-state index in [9.17, 15) is 39.6 Å². The van der Waals surface area contributed by atoms with Gasteiger partial charge in [-0.15, -0.1) is 0 Å². The molecular formula is C26H41GdN5O9. The fourth-order valence-electron chi connectivity index (χ4n) is 4.43. The monoisotopic (exact) mass is 725 g/mol. The first-order chi connectivity index (χ1) is 19.1. The quantitative estimate of drug-likeness (QED) is 0.184. The van der Waals surface area contributed by atoms with Gasteiger partial charge in [0, 0.05) is 104 Å². The van der Waals surface area contributed by atoms with Gasteiger partial charge < -0.3 is 25.2 Å². The third-order valence-electron chi connectivity index (χ3n) is 6.64. The maximum absolute atomic E-state index is 12.4. The molecule has 1 unspecified atom stereocenters. The Bertz CT molecular complexity index is 937. The predicted octanol–water partition coefficient (Wildman–Crippen LogP) is -0.268. The molecule has 0 bridgehead atoms. The normalized spacial score (nSPS) is 17.4. The van der Waals surface area contributed by atoms with Crippen LogP contribution in [0.15, 0.2) is 18.3 Å². The van der Waals surface area contributed by atoms with Crippen LogP contribution in [0.1, 0.15) is 25.5 Å². The molecule has 14 nitrogen and oxygen atoms in total. The number of aromatic nitrogens is 1. The zero-order chi connectivity index (χ0) is 29.5. The van der Waals surface area contributed by atoms with Gasteiger partial charge in [0.15, 0.2) is 0 Å². The summed E-state index contributed by atoms with van der Waals surface area (Å²) in [6.07, 6.45) is 3.56. The minimum absolute atomic E-state index is 0. The van der Waals surface area contributed by atoms with Gasteiger partial charge in [0.2, 0.25) is 0 Å². The smallest absolute Gasteiger partial charge is 0.321 e.